The summed E-state index contributed by atoms with van der Waals surface area (Å²) in [6.45, 7) is 2.91. The number of hydrogen-bond donors (Lipinski definition) is 1. The summed E-state index contributed by atoms with van der Waals surface area (Å²) in [6, 6.07) is 12.4. The van der Waals surface area contributed by atoms with Crippen LogP contribution in [-0.4, -0.2) is 25.0 Å². The van der Waals surface area contributed by atoms with Crippen LogP contribution in [0.3, 0.4) is 0 Å². The van der Waals surface area contributed by atoms with E-state index >= 15 is 0 Å². The second-order valence-corrected chi connectivity index (χ2v) is 8.04. The molecule has 6 nitrogen and oxygen atoms in total. The average Bonchev–Trinajstić information content (AvgIpc) is 3.40. The fourth-order valence-corrected chi connectivity index (χ4v) is 4.03. The maximum Gasteiger partial charge on any atom is 0.259 e. The standard InChI is InChI=1S/C22H21ClN5OS/c1-2-3-4-8-11-28-21-17(20(27-28)26-22(29)16-13-24-30-14-16)12-18(23)19(25-21)15-9-6-5-7-10-15/h6-7,9-10,12-14H,2-4,8,11H2,1H3,(H,26,27,29). The van der Waals surface area contributed by atoms with E-state index in [-0.39, 0.29) is 5.91 Å². The minimum atomic E-state index is -0.250. The first-order valence-electron chi connectivity index (χ1n) is 9.91. The van der Waals surface area contributed by atoms with Crippen LogP contribution in [0, 0.1) is 6.07 Å². The Morgan fingerprint density at radius 1 is 1.27 bits per heavy atom. The molecule has 0 aliphatic carbocycles. The van der Waals surface area contributed by atoms with E-state index in [9.17, 15) is 4.79 Å². The van der Waals surface area contributed by atoms with Crippen molar-refractivity contribution >= 4 is 45.9 Å². The summed E-state index contributed by atoms with van der Waals surface area (Å²) in [4.78, 5) is 17.4. The van der Waals surface area contributed by atoms with Gasteiger partial charge >= 0.3 is 0 Å². The summed E-state index contributed by atoms with van der Waals surface area (Å²) in [7, 11) is 0. The van der Waals surface area contributed by atoms with Gasteiger partial charge in [0.05, 0.1) is 27.9 Å². The monoisotopic (exact) mass is 438 g/mol. The lowest BCUT2D eigenvalue weighted by Gasteiger charge is -2.06. The first kappa shape index (κ1) is 20.5. The maximum atomic E-state index is 12.6. The van der Waals surface area contributed by atoms with E-state index in [1.54, 1.807) is 11.6 Å². The third-order valence-corrected chi connectivity index (χ3v) is 5.69. The quantitative estimate of drug-likeness (QED) is 0.350. The molecule has 0 atom stereocenters. The number of pyridine rings is 1. The minimum absolute atomic E-state index is 0.250. The van der Waals surface area contributed by atoms with Crippen molar-refractivity contribution in [1.82, 2.24) is 19.1 Å². The topological polar surface area (TPSA) is 72.7 Å². The fourth-order valence-electron chi connectivity index (χ4n) is 3.25. The molecule has 3 aromatic heterocycles. The molecule has 1 amide bonds. The van der Waals surface area contributed by atoms with Crippen LogP contribution in [0.2, 0.25) is 5.02 Å². The Kier molecular flexibility index (Phi) is 6.40. The number of unbranched alkanes of at least 4 members (excludes halogenated alkanes) is 3. The molecular formula is C22H21ClN5OS. The highest BCUT2D eigenvalue weighted by atomic mass is 35.5. The number of aryl methyl sites for hydroxylation is 1. The van der Waals surface area contributed by atoms with E-state index in [1.165, 1.54) is 24.4 Å². The molecule has 4 aromatic rings. The molecule has 3 heterocycles. The van der Waals surface area contributed by atoms with Gasteiger partial charge in [0.25, 0.3) is 5.91 Å². The number of aromatic nitrogens is 4. The Balaban J connectivity index is 1.74. The van der Waals surface area contributed by atoms with Crippen LogP contribution in [0.25, 0.3) is 22.3 Å². The number of amides is 1. The Morgan fingerprint density at radius 2 is 2.10 bits per heavy atom. The van der Waals surface area contributed by atoms with Gasteiger partial charge in [-0.25, -0.2) is 14.0 Å². The number of rotatable bonds is 8. The van der Waals surface area contributed by atoms with Crippen LogP contribution in [0.5, 0.6) is 0 Å². The Morgan fingerprint density at radius 3 is 2.83 bits per heavy atom. The van der Waals surface area contributed by atoms with Crippen molar-refractivity contribution in [2.24, 2.45) is 0 Å². The van der Waals surface area contributed by atoms with E-state index < -0.39 is 0 Å². The third kappa shape index (κ3) is 4.37. The predicted octanol–water partition coefficient (Wildman–Crippen LogP) is 5.84. The van der Waals surface area contributed by atoms with Gasteiger partial charge < -0.3 is 5.32 Å². The number of benzene rings is 1. The normalized spacial score (nSPS) is 11.1. The summed E-state index contributed by atoms with van der Waals surface area (Å²) >= 11 is 7.80. The molecule has 0 saturated carbocycles. The average molecular weight is 439 g/mol. The van der Waals surface area contributed by atoms with Crippen LogP contribution in [0.1, 0.15) is 43.0 Å². The van der Waals surface area contributed by atoms with Crippen molar-refractivity contribution in [2.45, 2.75) is 39.2 Å². The first-order chi connectivity index (χ1) is 14.7. The van der Waals surface area contributed by atoms with E-state index in [1.807, 2.05) is 35.0 Å². The van der Waals surface area contributed by atoms with Crippen LogP contribution < -0.4 is 5.32 Å². The van der Waals surface area contributed by atoms with Gasteiger partial charge in [-0.1, -0.05) is 62.1 Å². The van der Waals surface area contributed by atoms with Crippen LogP contribution in [0.15, 0.2) is 41.9 Å². The summed E-state index contributed by atoms with van der Waals surface area (Å²) in [5, 5.41) is 10.5. The molecule has 8 heteroatoms. The molecule has 1 aromatic carbocycles. The van der Waals surface area contributed by atoms with Crippen molar-refractivity contribution in [1.29, 1.82) is 0 Å². The van der Waals surface area contributed by atoms with Gasteiger partial charge in [0, 0.05) is 17.5 Å². The molecule has 0 unspecified atom stereocenters. The fraction of sp³-hybridized carbons (Fsp3) is 0.273. The van der Waals surface area contributed by atoms with Crippen LogP contribution >= 0.6 is 23.1 Å². The van der Waals surface area contributed by atoms with Crippen LogP contribution in [0.4, 0.5) is 5.82 Å². The number of nitrogens with one attached hydrogen (secondary N) is 1. The maximum absolute atomic E-state index is 12.6. The summed E-state index contributed by atoms with van der Waals surface area (Å²) in [5.41, 5.74) is 2.81. The summed E-state index contributed by atoms with van der Waals surface area (Å²) < 4.78 is 5.85. The Bertz CT molecular complexity index is 1140. The number of nitrogens with zero attached hydrogens (tertiary/aromatic N) is 4. The molecule has 0 spiro atoms. The van der Waals surface area contributed by atoms with Gasteiger partial charge in [0.1, 0.15) is 0 Å². The van der Waals surface area contributed by atoms with Crippen molar-refractivity contribution < 1.29 is 4.79 Å². The van der Waals surface area contributed by atoms with Crippen molar-refractivity contribution in [3.8, 4) is 11.3 Å². The zero-order valence-electron chi connectivity index (χ0n) is 16.6. The Labute approximate surface area is 184 Å². The van der Waals surface area contributed by atoms with Gasteiger partial charge in [-0.15, -0.1) is 0 Å². The third-order valence-electron chi connectivity index (χ3n) is 4.82. The van der Waals surface area contributed by atoms with E-state index in [4.69, 9.17) is 16.6 Å². The number of fused-ring (bicyclic) bond motifs is 1. The highest BCUT2D eigenvalue weighted by molar-refractivity contribution is 7.03. The van der Waals surface area contributed by atoms with Gasteiger partial charge in [-0.3, -0.25) is 4.79 Å². The molecule has 4 rings (SSSR count). The second kappa shape index (κ2) is 9.36. The van der Waals surface area contributed by atoms with Gasteiger partial charge in [0.2, 0.25) is 0 Å². The molecule has 0 saturated heterocycles. The number of carbonyl (C=O) groups excluding carboxylic acids is 1. The lowest BCUT2D eigenvalue weighted by atomic mass is 10.1. The highest BCUT2D eigenvalue weighted by Gasteiger charge is 2.18. The molecule has 0 fully saturated rings. The molecule has 0 aliphatic rings. The molecule has 1 radical (unpaired) electrons. The first-order valence-corrected chi connectivity index (χ1v) is 11.1. The highest BCUT2D eigenvalue weighted by Crippen LogP contribution is 2.32. The number of anilines is 1. The van der Waals surface area contributed by atoms with Gasteiger partial charge in [-0.2, -0.15) is 5.10 Å². The second-order valence-electron chi connectivity index (χ2n) is 6.98. The molecule has 30 heavy (non-hydrogen) atoms. The van der Waals surface area contributed by atoms with Gasteiger partial charge in [0.15, 0.2) is 11.5 Å². The lowest BCUT2D eigenvalue weighted by molar-refractivity contribution is 0.102. The SMILES string of the molecule is CCCCCCn1nc(NC(=O)c2cnsc2)c2cc(Cl)c(-c3cc[c]cc3)nc21. The number of carbonyl (C=O) groups is 1. The lowest BCUT2D eigenvalue weighted by Crippen LogP contribution is -2.12. The zero-order valence-corrected chi connectivity index (χ0v) is 18.1. The van der Waals surface area contributed by atoms with E-state index in [2.05, 4.69) is 27.8 Å². The molecule has 0 aliphatic heterocycles. The summed E-state index contributed by atoms with van der Waals surface area (Å²) in [6.07, 6.45) is 6.00. The zero-order chi connectivity index (χ0) is 20.9. The van der Waals surface area contributed by atoms with Crippen molar-refractivity contribution in [3.05, 3.63) is 58.6 Å². The van der Waals surface area contributed by atoms with Crippen LogP contribution in [-0.2, 0) is 6.54 Å². The molecule has 0 bridgehead atoms. The molecular weight excluding hydrogens is 418 g/mol. The van der Waals surface area contributed by atoms with E-state index in [0.29, 0.717) is 27.7 Å². The van der Waals surface area contributed by atoms with Crippen molar-refractivity contribution in [3.63, 3.8) is 0 Å². The largest absolute Gasteiger partial charge is 0.304 e. The van der Waals surface area contributed by atoms with E-state index in [0.717, 1.165) is 30.3 Å². The Hall–Kier alpha value is -2.77. The molecule has 153 valence electrons. The van der Waals surface area contributed by atoms with Crippen molar-refractivity contribution in [2.75, 3.05) is 5.32 Å². The minimum Gasteiger partial charge on any atom is -0.304 e. The number of hydrogen-bond acceptors (Lipinski definition) is 5. The number of halogens is 1. The van der Waals surface area contributed by atoms with Gasteiger partial charge in [-0.05, 0) is 30.1 Å². The molecule has 1 N–H and O–H groups in total. The summed E-state index contributed by atoms with van der Waals surface area (Å²) in [5.74, 6) is 0.208. The smallest absolute Gasteiger partial charge is 0.259 e. The predicted molar refractivity (Wildman–Crippen MR) is 121 cm³/mol.